The molecule has 1 saturated heterocycles. The molecule has 2 heterocycles. The third-order valence-electron chi connectivity index (χ3n) is 7.02. The fourth-order valence-electron chi connectivity index (χ4n) is 5.94. The highest BCUT2D eigenvalue weighted by Gasteiger charge is 2.45. The molecule has 1 aliphatic rings. The number of hydrogen-bond acceptors (Lipinski definition) is 6. The van der Waals surface area contributed by atoms with Gasteiger partial charge in [-0.25, -0.2) is 9.13 Å². The van der Waals surface area contributed by atoms with Crippen LogP contribution in [0.3, 0.4) is 0 Å². The third kappa shape index (κ3) is 9.98. The summed E-state index contributed by atoms with van der Waals surface area (Å²) in [6, 6.07) is 5.25. The smallest absolute Gasteiger partial charge is 0.371 e. The van der Waals surface area contributed by atoms with Crippen molar-refractivity contribution in [3.05, 3.63) is 47.5 Å². The molecule has 8 nitrogen and oxygen atoms in total. The van der Waals surface area contributed by atoms with Crippen molar-refractivity contribution in [3.63, 3.8) is 0 Å². The molecule has 0 radical (unpaired) electrons. The van der Waals surface area contributed by atoms with Gasteiger partial charge in [0.15, 0.2) is 5.79 Å². The highest BCUT2D eigenvalue weighted by Crippen LogP contribution is 2.30. The highest BCUT2D eigenvalue weighted by atomic mass is 28.4. The highest BCUT2D eigenvalue weighted by molar-refractivity contribution is 6.60. The van der Waals surface area contributed by atoms with Gasteiger partial charge < -0.3 is 27.7 Å². The van der Waals surface area contributed by atoms with Gasteiger partial charge >= 0.3 is 8.80 Å². The van der Waals surface area contributed by atoms with E-state index < -0.39 is 14.6 Å². The third-order valence-corrected chi connectivity index (χ3v) is 10.5. The molecule has 232 valence electrons. The number of likely N-dealkylation sites (N-methyl/N-ethyl adjacent to an activating group) is 1. The Bertz CT molecular complexity index is 1070. The first kappa shape index (κ1) is 33.9. The molecule has 0 saturated carbocycles. The van der Waals surface area contributed by atoms with E-state index in [2.05, 4.69) is 114 Å². The first-order valence-electron chi connectivity index (χ1n) is 15.3. The van der Waals surface area contributed by atoms with Gasteiger partial charge in [-0.05, 0) is 107 Å². The van der Waals surface area contributed by atoms with E-state index in [0.717, 1.165) is 32.1 Å². The van der Waals surface area contributed by atoms with Crippen molar-refractivity contribution in [1.29, 1.82) is 0 Å². The van der Waals surface area contributed by atoms with E-state index in [1.54, 1.807) is 0 Å². The summed E-state index contributed by atoms with van der Waals surface area (Å²) in [7, 11) is -0.659. The lowest BCUT2D eigenvalue weighted by Gasteiger charge is -2.35. The molecule has 0 aliphatic carbocycles. The molecule has 41 heavy (non-hydrogen) atoms. The summed E-state index contributed by atoms with van der Waals surface area (Å²) in [6.07, 6.45) is 7.38. The first-order chi connectivity index (χ1) is 19.1. The van der Waals surface area contributed by atoms with Gasteiger partial charge in [0.25, 0.3) is 0 Å². The van der Waals surface area contributed by atoms with Crippen LogP contribution in [0.15, 0.2) is 30.9 Å². The fourth-order valence-corrected chi connectivity index (χ4v) is 9.21. The number of ether oxygens (including phenoxy) is 2. The maximum Gasteiger partial charge on any atom is 0.501 e. The van der Waals surface area contributed by atoms with Gasteiger partial charge in [0.1, 0.15) is 36.8 Å². The Morgan fingerprint density at radius 2 is 1.46 bits per heavy atom. The summed E-state index contributed by atoms with van der Waals surface area (Å²) in [5.74, 6) is -0.618. The lowest BCUT2D eigenvalue weighted by atomic mass is 10.1. The predicted octanol–water partition coefficient (Wildman–Crippen LogP) is 5.75. The van der Waals surface area contributed by atoms with Crippen LogP contribution in [0, 0.1) is 20.8 Å². The molecule has 1 aliphatic heterocycles. The van der Waals surface area contributed by atoms with Crippen molar-refractivity contribution in [2.75, 3.05) is 20.1 Å². The zero-order chi connectivity index (χ0) is 30.5. The molecule has 1 aromatic carbocycles. The Kier molecular flexibility index (Phi) is 11.8. The van der Waals surface area contributed by atoms with E-state index in [0.29, 0.717) is 0 Å². The molecule has 0 amide bonds. The summed E-state index contributed by atoms with van der Waals surface area (Å²) in [4.78, 5) is 2.33. The zero-order valence-electron chi connectivity index (χ0n) is 27.7. The van der Waals surface area contributed by atoms with Crippen LogP contribution in [0.2, 0.25) is 6.04 Å². The monoisotopic (exact) mass is 590 g/mol. The molecule has 1 aromatic heterocycles. The second-order valence-corrected chi connectivity index (χ2v) is 15.6. The van der Waals surface area contributed by atoms with Crippen molar-refractivity contribution in [1.82, 2.24) is 9.47 Å². The number of rotatable bonds is 15. The second kappa shape index (κ2) is 14.3. The molecular weight excluding hydrogens is 534 g/mol. The van der Waals surface area contributed by atoms with E-state index in [-0.39, 0.29) is 30.5 Å². The van der Waals surface area contributed by atoms with Crippen molar-refractivity contribution >= 4 is 8.80 Å². The molecule has 1 fully saturated rings. The summed E-state index contributed by atoms with van der Waals surface area (Å²) in [6.45, 7) is 25.2. The molecule has 0 N–H and O–H groups in total. The number of nitrogens with zero attached hydrogens (tertiary/aromatic N) is 3. The van der Waals surface area contributed by atoms with Crippen molar-refractivity contribution < 1.29 is 27.3 Å². The van der Waals surface area contributed by atoms with Gasteiger partial charge in [-0.3, -0.25) is 0 Å². The summed E-state index contributed by atoms with van der Waals surface area (Å²) in [5, 5.41) is 0. The number of aryl methyl sites for hydroxylation is 3. The molecule has 0 spiro atoms. The average molecular weight is 591 g/mol. The predicted molar refractivity (Wildman–Crippen MR) is 165 cm³/mol. The average Bonchev–Trinajstić information content (AvgIpc) is 3.34. The second-order valence-electron chi connectivity index (χ2n) is 13.0. The van der Waals surface area contributed by atoms with Crippen LogP contribution in [-0.4, -0.2) is 74.7 Å². The minimum Gasteiger partial charge on any atom is -0.371 e. The normalized spacial score (nSPS) is 19.4. The Hall–Kier alpha value is -1.59. The van der Waals surface area contributed by atoms with Crippen molar-refractivity contribution in [3.8, 4) is 5.69 Å². The molecule has 9 heteroatoms. The number of aromatic nitrogens is 2. The van der Waals surface area contributed by atoms with Crippen LogP contribution < -0.4 is 4.57 Å². The number of imidazole rings is 1. The topological polar surface area (TPSA) is 58.2 Å². The molecule has 2 aromatic rings. The summed E-state index contributed by atoms with van der Waals surface area (Å²) >= 11 is 0. The Morgan fingerprint density at radius 1 is 0.927 bits per heavy atom. The standard InChI is InChI=1S/C32H56N3O5Si/c1-23(2)38-41(39-24(3)4,40-25(5)6)17-13-14-33(12)20-29-30(37-32(10,11)36-29)21-34-15-16-35(22-34)31-27(8)18-26(7)19-28(31)9/h15-16,18-19,22-25,29-30H,13-14,17,20-21H2,1-12H3/q+1/t29-,30-/m0/s1. The molecule has 2 atom stereocenters. The Labute approximate surface area is 250 Å². The number of hydrogen-bond donors (Lipinski definition) is 0. The van der Waals surface area contributed by atoms with Crippen LogP contribution in [0.4, 0.5) is 0 Å². The molecular formula is C32H56N3O5Si+. The van der Waals surface area contributed by atoms with E-state index in [9.17, 15) is 0 Å². The van der Waals surface area contributed by atoms with E-state index in [1.807, 2.05) is 13.8 Å². The van der Waals surface area contributed by atoms with Gasteiger partial charge in [-0.15, -0.1) is 0 Å². The fraction of sp³-hybridized carbons (Fsp3) is 0.719. The largest absolute Gasteiger partial charge is 0.501 e. The van der Waals surface area contributed by atoms with Gasteiger partial charge in [0, 0.05) is 30.9 Å². The van der Waals surface area contributed by atoms with Gasteiger partial charge in [0.05, 0.1) is 0 Å². The molecule has 3 rings (SSSR count). The van der Waals surface area contributed by atoms with E-state index >= 15 is 0 Å². The van der Waals surface area contributed by atoms with Crippen LogP contribution in [0.25, 0.3) is 5.69 Å². The zero-order valence-corrected chi connectivity index (χ0v) is 28.7. The van der Waals surface area contributed by atoms with Crippen molar-refractivity contribution in [2.45, 2.75) is 131 Å². The minimum atomic E-state index is -2.81. The maximum absolute atomic E-state index is 6.40. The SMILES string of the molecule is Cc1cc(C)c(-n2cc[n+](C[C@@H]3OC(C)(C)O[C@H]3CN(C)CCC[Si](OC(C)C)(OC(C)C)OC(C)C)c2)c(C)c1. The maximum atomic E-state index is 6.40. The summed E-state index contributed by atoms with van der Waals surface area (Å²) < 4.78 is 36.3. The van der Waals surface area contributed by atoms with E-state index in [1.165, 1.54) is 22.4 Å². The van der Waals surface area contributed by atoms with E-state index in [4.69, 9.17) is 22.8 Å². The van der Waals surface area contributed by atoms with Crippen LogP contribution in [0.5, 0.6) is 0 Å². The van der Waals surface area contributed by atoms with Gasteiger partial charge in [-0.1, -0.05) is 17.7 Å². The van der Waals surface area contributed by atoms with Crippen molar-refractivity contribution in [2.24, 2.45) is 0 Å². The minimum absolute atomic E-state index is 0.0403. The van der Waals surface area contributed by atoms with Gasteiger partial charge in [0.2, 0.25) is 6.33 Å². The molecule has 0 unspecified atom stereocenters. The lowest BCUT2D eigenvalue weighted by Crippen LogP contribution is -2.51. The van der Waals surface area contributed by atoms with Crippen LogP contribution in [-0.2, 0) is 29.3 Å². The number of benzene rings is 1. The quantitative estimate of drug-likeness (QED) is 0.195. The Morgan fingerprint density at radius 3 is 2.00 bits per heavy atom. The first-order valence-corrected chi connectivity index (χ1v) is 17.2. The van der Waals surface area contributed by atoms with Gasteiger partial charge in [-0.2, -0.15) is 0 Å². The van der Waals surface area contributed by atoms with Crippen LogP contribution >= 0.6 is 0 Å². The van der Waals surface area contributed by atoms with Crippen LogP contribution in [0.1, 0.15) is 78.5 Å². The summed E-state index contributed by atoms with van der Waals surface area (Å²) in [5.41, 5.74) is 5.07. The molecule has 0 bridgehead atoms. The lowest BCUT2D eigenvalue weighted by molar-refractivity contribution is -0.703. The Balaban J connectivity index is 1.64.